The molecule has 1 aromatic heterocycles. The topological polar surface area (TPSA) is 39.7 Å². The third-order valence-corrected chi connectivity index (χ3v) is 4.89. The molecule has 0 spiro atoms. The summed E-state index contributed by atoms with van der Waals surface area (Å²) in [5.41, 5.74) is 3.79. The summed E-state index contributed by atoms with van der Waals surface area (Å²) in [6, 6.07) is 11.0. The lowest BCUT2D eigenvalue weighted by Gasteiger charge is -2.18. The lowest BCUT2D eigenvalue weighted by molar-refractivity contribution is 0.696. The van der Waals surface area contributed by atoms with Gasteiger partial charge in [-0.1, -0.05) is 12.1 Å². The molecule has 0 bridgehead atoms. The number of nitrogens with zero attached hydrogens (tertiary/aromatic N) is 2. The zero-order valence-electron chi connectivity index (χ0n) is 14.6. The maximum atomic E-state index is 4.32. The summed E-state index contributed by atoms with van der Waals surface area (Å²) in [6.07, 6.45) is 0. The first-order valence-electron chi connectivity index (χ1n) is 7.78. The summed E-state index contributed by atoms with van der Waals surface area (Å²) in [5, 5.41) is 8.92. The van der Waals surface area contributed by atoms with Gasteiger partial charge in [0.15, 0.2) is 5.96 Å². The Morgan fingerprint density at radius 1 is 1.30 bits per heavy atom. The van der Waals surface area contributed by atoms with Gasteiger partial charge in [-0.2, -0.15) is 0 Å². The van der Waals surface area contributed by atoms with Gasteiger partial charge in [0.2, 0.25) is 0 Å². The first-order valence-corrected chi connectivity index (χ1v) is 8.66. The van der Waals surface area contributed by atoms with Crippen LogP contribution >= 0.6 is 11.3 Å². The smallest absolute Gasteiger partial charge is 0.191 e. The van der Waals surface area contributed by atoms with Crippen LogP contribution in [0.2, 0.25) is 0 Å². The van der Waals surface area contributed by atoms with Crippen molar-refractivity contribution in [1.82, 2.24) is 10.6 Å². The fourth-order valence-corrected chi connectivity index (χ4v) is 3.08. The van der Waals surface area contributed by atoms with Gasteiger partial charge in [0.25, 0.3) is 0 Å². The first-order chi connectivity index (χ1) is 11.0. The van der Waals surface area contributed by atoms with Crippen LogP contribution in [0.5, 0.6) is 0 Å². The monoisotopic (exact) mass is 330 g/mol. The summed E-state index contributed by atoms with van der Waals surface area (Å²) >= 11 is 1.75. The van der Waals surface area contributed by atoms with Crippen molar-refractivity contribution in [1.29, 1.82) is 0 Å². The van der Waals surface area contributed by atoms with E-state index in [9.17, 15) is 0 Å². The van der Waals surface area contributed by atoms with Crippen molar-refractivity contribution in [3.63, 3.8) is 0 Å². The van der Waals surface area contributed by atoms with E-state index in [0.29, 0.717) is 0 Å². The number of aliphatic imine (C=N–C) groups is 1. The van der Waals surface area contributed by atoms with Crippen LogP contribution in [0, 0.1) is 6.92 Å². The SMILES string of the molecule is CN=C(NCc1ccc(N(C)C)cc1C)NC(C)c1cccs1. The Hall–Kier alpha value is -2.01. The fourth-order valence-electron chi connectivity index (χ4n) is 2.34. The van der Waals surface area contributed by atoms with E-state index < -0.39 is 0 Å². The van der Waals surface area contributed by atoms with Gasteiger partial charge in [0.1, 0.15) is 0 Å². The molecule has 1 atom stereocenters. The van der Waals surface area contributed by atoms with Crippen molar-refractivity contribution < 1.29 is 0 Å². The number of aryl methyl sites for hydroxylation is 1. The van der Waals surface area contributed by atoms with Crippen LogP contribution in [0.15, 0.2) is 40.7 Å². The highest BCUT2D eigenvalue weighted by molar-refractivity contribution is 7.10. The molecule has 2 N–H and O–H groups in total. The Kier molecular flexibility index (Phi) is 6.04. The Morgan fingerprint density at radius 3 is 2.65 bits per heavy atom. The van der Waals surface area contributed by atoms with Crippen molar-refractivity contribution in [3.05, 3.63) is 51.7 Å². The molecule has 23 heavy (non-hydrogen) atoms. The van der Waals surface area contributed by atoms with E-state index in [2.05, 4.69) is 84.2 Å². The van der Waals surface area contributed by atoms with E-state index in [4.69, 9.17) is 0 Å². The van der Waals surface area contributed by atoms with Crippen molar-refractivity contribution in [2.24, 2.45) is 4.99 Å². The van der Waals surface area contributed by atoms with Gasteiger partial charge in [-0.3, -0.25) is 4.99 Å². The second-order valence-corrected chi connectivity index (χ2v) is 6.79. The maximum absolute atomic E-state index is 4.32. The molecule has 0 fully saturated rings. The van der Waals surface area contributed by atoms with Crippen LogP contribution in [-0.2, 0) is 6.54 Å². The minimum atomic E-state index is 0.249. The number of hydrogen-bond acceptors (Lipinski definition) is 3. The molecule has 1 heterocycles. The van der Waals surface area contributed by atoms with E-state index in [1.54, 1.807) is 18.4 Å². The standard InChI is InChI=1S/C18H26N4S/c1-13-11-16(22(4)5)9-8-15(13)12-20-18(19-3)21-14(2)17-7-6-10-23-17/h6-11,14H,12H2,1-5H3,(H2,19,20,21). The van der Waals surface area contributed by atoms with Crippen molar-refractivity contribution in [3.8, 4) is 0 Å². The molecular formula is C18H26N4S. The summed E-state index contributed by atoms with van der Waals surface area (Å²) in [7, 11) is 5.92. The summed E-state index contributed by atoms with van der Waals surface area (Å²) in [5.74, 6) is 0.821. The molecule has 2 aromatic rings. The van der Waals surface area contributed by atoms with Gasteiger partial charge in [-0.05, 0) is 48.6 Å². The van der Waals surface area contributed by atoms with E-state index in [1.165, 1.54) is 21.7 Å². The molecule has 0 saturated carbocycles. The number of hydrogen-bond donors (Lipinski definition) is 2. The molecule has 2 rings (SSSR count). The Morgan fingerprint density at radius 2 is 2.09 bits per heavy atom. The normalized spacial score (nSPS) is 12.8. The molecule has 0 aliphatic carbocycles. The minimum Gasteiger partial charge on any atom is -0.378 e. The predicted octanol–water partition coefficient (Wildman–Crippen LogP) is 3.55. The van der Waals surface area contributed by atoms with Gasteiger partial charge in [-0.15, -0.1) is 11.3 Å². The molecule has 124 valence electrons. The van der Waals surface area contributed by atoms with Crippen molar-refractivity contribution >= 4 is 23.0 Å². The summed E-state index contributed by atoms with van der Waals surface area (Å²) in [6.45, 7) is 5.06. The Labute approximate surface area is 143 Å². The number of nitrogens with one attached hydrogen (secondary N) is 2. The zero-order chi connectivity index (χ0) is 16.8. The molecule has 0 radical (unpaired) electrons. The summed E-state index contributed by atoms with van der Waals surface area (Å²) in [4.78, 5) is 7.74. The largest absolute Gasteiger partial charge is 0.378 e. The zero-order valence-corrected chi connectivity index (χ0v) is 15.4. The Bertz CT molecular complexity index is 647. The second-order valence-electron chi connectivity index (χ2n) is 5.81. The molecule has 0 aliphatic rings. The van der Waals surface area contributed by atoms with Crippen molar-refractivity contribution in [2.45, 2.75) is 26.4 Å². The molecule has 1 unspecified atom stereocenters. The highest BCUT2D eigenvalue weighted by Gasteiger charge is 2.09. The van der Waals surface area contributed by atoms with Gasteiger partial charge in [-0.25, -0.2) is 0 Å². The highest BCUT2D eigenvalue weighted by Crippen LogP contribution is 2.19. The molecular weight excluding hydrogens is 304 g/mol. The highest BCUT2D eigenvalue weighted by atomic mass is 32.1. The quantitative estimate of drug-likeness (QED) is 0.650. The average molecular weight is 331 g/mol. The van der Waals surface area contributed by atoms with Crippen LogP contribution in [0.4, 0.5) is 5.69 Å². The lowest BCUT2D eigenvalue weighted by atomic mass is 10.1. The number of rotatable bonds is 5. The molecule has 1 aromatic carbocycles. The van der Waals surface area contributed by atoms with Crippen LogP contribution in [0.3, 0.4) is 0 Å². The fraction of sp³-hybridized carbons (Fsp3) is 0.389. The predicted molar refractivity (Wildman–Crippen MR) is 102 cm³/mol. The average Bonchev–Trinajstić information content (AvgIpc) is 3.06. The van der Waals surface area contributed by atoms with Gasteiger partial charge >= 0.3 is 0 Å². The van der Waals surface area contributed by atoms with Crippen LogP contribution in [0.25, 0.3) is 0 Å². The Balaban J connectivity index is 1.96. The number of benzene rings is 1. The first kappa shape index (κ1) is 17.3. The van der Waals surface area contributed by atoms with Crippen molar-refractivity contribution in [2.75, 3.05) is 26.0 Å². The third-order valence-electron chi connectivity index (χ3n) is 3.84. The van der Waals surface area contributed by atoms with E-state index >= 15 is 0 Å². The van der Waals surface area contributed by atoms with Gasteiger partial charge in [0, 0.05) is 38.3 Å². The van der Waals surface area contributed by atoms with Crippen LogP contribution in [0.1, 0.15) is 29.0 Å². The molecule has 0 saturated heterocycles. The number of guanidine groups is 1. The van der Waals surface area contributed by atoms with Crippen LogP contribution < -0.4 is 15.5 Å². The minimum absolute atomic E-state index is 0.249. The molecule has 0 amide bonds. The molecule has 0 aliphatic heterocycles. The molecule has 4 nitrogen and oxygen atoms in total. The number of anilines is 1. The second kappa shape index (κ2) is 8.02. The van der Waals surface area contributed by atoms with E-state index in [1.807, 2.05) is 0 Å². The maximum Gasteiger partial charge on any atom is 0.191 e. The van der Waals surface area contributed by atoms with Crippen LogP contribution in [-0.4, -0.2) is 27.1 Å². The molecule has 5 heteroatoms. The van der Waals surface area contributed by atoms with Gasteiger partial charge in [0.05, 0.1) is 6.04 Å². The summed E-state index contributed by atoms with van der Waals surface area (Å²) < 4.78 is 0. The number of thiophene rings is 1. The third kappa shape index (κ3) is 4.73. The van der Waals surface area contributed by atoms with E-state index in [0.717, 1.165) is 12.5 Å². The lowest BCUT2D eigenvalue weighted by Crippen LogP contribution is -2.38. The van der Waals surface area contributed by atoms with E-state index in [-0.39, 0.29) is 6.04 Å². The van der Waals surface area contributed by atoms with Gasteiger partial charge < -0.3 is 15.5 Å².